The minimum atomic E-state index is 0.0940. The summed E-state index contributed by atoms with van der Waals surface area (Å²) >= 11 is 0. The predicted octanol–water partition coefficient (Wildman–Crippen LogP) is 3.39. The van der Waals surface area contributed by atoms with E-state index >= 15 is 0 Å². The van der Waals surface area contributed by atoms with Crippen LogP contribution in [0.25, 0.3) is 0 Å². The van der Waals surface area contributed by atoms with Gasteiger partial charge < -0.3 is 10.1 Å². The van der Waals surface area contributed by atoms with E-state index in [1.54, 1.807) is 6.20 Å². The second-order valence-corrected chi connectivity index (χ2v) is 6.14. The van der Waals surface area contributed by atoms with E-state index in [0.29, 0.717) is 5.92 Å². The molecular formula is C15H26N2O. The first kappa shape index (κ1) is 15.0. The molecule has 0 amide bonds. The van der Waals surface area contributed by atoms with Crippen molar-refractivity contribution in [3.05, 3.63) is 23.9 Å². The van der Waals surface area contributed by atoms with Crippen molar-refractivity contribution in [3.63, 3.8) is 0 Å². The molecule has 1 heterocycles. The van der Waals surface area contributed by atoms with E-state index < -0.39 is 0 Å². The van der Waals surface area contributed by atoms with Crippen LogP contribution in [-0.2, 0) is 6.54 Å². The lowest BCUT2D eigenvalue weighted by Gasteiger charge is -2.23. The number of ether oxygens (including phenoxy) is 1. The molecule has 0 saturated heterocycles. The van der Waals surface area contributed by atoms with Gasteiger partial charge in [0.15, 0.2) is 0 Å². The fourth-order valence-corrected chi connectivity index (χ4v) is 1.34. The van der Waals surface area contributed by atoms with Gasteiger partial charge in [-0.25, -0.2) is 4.98 Å². The minimum Gasteiger partial charge on any atom is -0.474 e. The van der Waals surface area contributed by atoms with E-state index in [4.69, 9.17) is 4.74 Å². The van der Waals surface area contributed by atoms with Gasteiger partial charge >= 0.3 is 0 Å². The van der Waals surface area contributed by atoms with Gasteiger partial charge in [0.1, 0.15) is 0 Å². The number of hydrogen-bond donors (Lipinski definition) is 1. The summed E-state index contributed by atoms with van der Waals surface area (Å²) in [7, 11) is 0. The number of aromatic nitrogens is 1. The average molecular weight is 250 g/mol. The largest absolute Gasteiger partial charge is 0.474 e. The van der Waals surface area contributed by atoms with Crippen molar-refractivity contribution < 1.29 is 4.74 Å². The molecule has 0 aliphatic rings. The van der Waals surface area contributed by atoms with Crippen molar-refractivity contribution in [1.29, 1.82) is 0 Å². The van der Waals surface area contributed by atoms with E-state index in [-0.39, 0.29) is 11.6 Å². The Bertz CT molecular complexity index is 369. The molecule has 0 spiro atoms. The van der Waals surface area contributed by atoms with Crippen LogP contribution in [0.2, 0.25) is 0 Å². The Morgan fingerprint density at radius 3 is 2.50 bits per heavy atom. The highest BCUT2D eigenvalue weighted by Crippen LogP contribution is 2.19. The predicted molar refractivity (Wildman–Crippen MR) is 75.8 cm³/mol. The van der Waals surface area contributed by atoms with Crippen LogP contribution >= 0.6 is 0 Å². The normalized spacial score (nSPS) is 13.7. The summed E-state index contributed by atoms with van der Waals surface area (Å²) in [6, 6.07) is 4.01. The highest BCUT2D eigenvalue weighted by Gasteiger charge is 2.14. The van der Waals surface area contributed by atoms with Crippen LogP contribution in [0, 0.1) is 5.92 Å². The van der Waals surface area contributed by atoms with Crippen LogP contribution in [0.3, 0.4) is 0 Å². The van der Waals surface area contributed by atoms with E-state index in [1.165, 1.54) is 0 Å². The molecule has 3 heteroatoms. The van der Waals surface area contributed by atoms with Crippen molar-refractivity contribution in [3.8, 4) is 5.88 Å². The van der Waals surface area contributed by atoms with Crippen LogP contribution in [0.4, 0.5) is 0 Å². The molecule has 1 aromatic heterocycles. The van der Waals surface area contributed by atoms with E-state index in [1.807, 2.05) is 6.07 Å². The molecule has 0 aromatic carbocycles. The van der Waals surface area contributed by atoms with Crippen molar-refractivity contribution >= 4 is 0 Å². The van der Waals surface area contributed by atoms with Gasteiger partial charge in [0, 0.05) is 23.8 Å². The molecule has 18 heavy (non-hydrogen) atoms. The first-order valence-corrected chi connectivity index (χ1v) is 6.65. The summed E-state index contributed by atoms with van der Waals surface area (Å²) in [6.45, 7) is 13.6. The second-order valence-electron chi connectivity index (χ2n) is 6.14. The maximum absolute atomic E-state index is 5.92. The highest BCUT2D eigenvalue weighted by atomic mass is 16.5. The van der Waals surface area contributed by atoms with Gasteiger partial charge in [0.25, 0.3) is 0 Å². The topological polar surface area (TPSA) is 34.1 Å². The summed E-state index contributed by atoms with van der Waals surface area (Å²) in [5.74, 6) is 1.23. The number of pyridine rings is 1. The SMILES string of the molecule is CC(C)C(C)Oc1ncccc1CNC(C)(C)C. The Hall–Kier alpha value is -1.09. The molecule has 1 atom stereocenters. The third-order valence-electron chi connectivity index (χ3n) is 2.90. The van der Waals surface area contributed by atoms with E-state index in [9.17, 15) is 0 Å². The molecule has 0 aliphatic carbocycles. The Kier molecular flexibility index (Phi) is 5.15. The maximum Gasteiger partial charge on any atom is 0.218 e. The zero-order chi connectivity index (χ0) is 13.8. The molecule has 0 bridgehead atoms. The standard InChI is InChI=1S/C15H26N2O/c1-11(2)12(3)18-14-13(8-7-9-16-14)10-17-15(4,5)6/h7-9,11-12,17H,10H2,1-6H3. The van der Waals surface area contributed by atoms with Crippen LogP contribution in [0.15, 0.2) is 18.3 Å². The summed E-state index contributed by atoms with van der Waals surface area (Å²) in [6.07, 6.45) is 1.96. The quantitative estimate of drug-likeness (QED) is 0.869. The van der Waals surface area contributed by atoms with Crippen molar-refractivity contribution in [2.24, 2.45) is 5.92 Å². The molecule has 1 aromatic rings. The van der Waals surface area contributed by atoms with Crippen LogP contribution < -0.4 is 10.1 Å². The smallest absolute Gasteiger partial charge is 0.218 e. The lowest BCUT2D eigenvalue weighted by molar-refractivity contribution is 0.161. The zero-order valence-electron chi connectivity index (χ0n) is 12.4. The molecular weight excluding hydrogens is 224 g/mol. The lowest BCUT2D eigenvalue weighted by Crippen LogP contribution is -2.35. The second kappa shape index (κ2) is 6.19. The average Bonchev–Trinajstić information content (AvgIpc) is 2.26. The summed E-state index contributed by atoms with van der Waals surface area (Å²) in [5, 5.41) is 3.46. The Morgan fingerprint density at radius 2 is 1.94 bits per heavy atom. The first-order valence-electron chi connectivity index (χ1n) is 6.65. The van der Waals surface area contributed by atoms with Gasteiger partial charge in [-0.05, 0) is 39.7 Å². The molecule has 0 aliphatic heterocycles. The third-order valence-corrected chi connectivity index (χ3v) is 2.90. The highest BCUT2D eigenvalue weighted by molar-refractivity contribution is 5.25. The van der Waals surface area contributed by atoms with Crippen molar-refractivity contribution in [1.82, 2.24) is 10.3 Å². The molecule has 0 fully saturated rings. The first-order chi connectivity index (χ1) is 8.29. The Labute approximate surface area is 111 Å². The Balaban J connectivity index is 2.73. The number of nitrogens with one attached hydrogen (secondary N) is 1. The summed E-state index contributed by atoms with van der Waals surface area (Å²) in [4.78, 5) is 4.34. The van der Waals surface area contributed by atoms with Gasteiger partial charge in [0.05, 0.1) is 6.10 Å². The zero-order valence-corrected chi connectivity index (χ0v) is 12.4. The number of nitrogens with zero attached hydrogens (tertiary/aromatic N) is 1. The maximum atomic E-state index is 5.92. The molecule has 1 rings (SSSR count). The number of rotatable bonds is 5. The summed E-state index contributed by atoms with van der Waals surface area (Å²) in [5.41, 5.74) is 1.21. The van der Waals surface area contributed by atoms with Crippen molar-refractivity contribution in [2.75, 3.05) is 0 Å². The van der Waals surface area contributed by atoms with E-state index in [0.717, 1.165) is 18.0 Å². The fourth-order valence-electron chi connectivity index (χ4n) is 1.34. The summed E-state index contributed by atoms with van der Waals surface area (Å²) < 4.78 is 5.92. The lowest BCUT2D eigenvalue weighted by atomic mass is 10.1. The van der Waals surface area contributed by atoms with Crippen LogP contribution in [-0.4, -0.2) is 16.6 Å². The molecule has 3 nitrogen and oxygen atoms in total. The molecule has 1 unspecified atom stereocenters. The molecule has 1 N–H and O–H groups in total. The van der Waals surface area contributed by atoms with E-state index in [2.05, 4.69) is 57.9 Å². The van der Waals surface area contributed by atoms with Gasteiger partial charge in [0.2, 0.25) is 5.88 Å². The van der Waals surface area contributed by atoms with Gasteiger partial charge in [-0.2, -0.15) is 0 Å². The Morgan fingerprint density at radius 1 is 1.28 bits per heavy atom. The monoisotopic (exact) mass is 250 g/mol. The van der Waals surface area contributed by atoms with Crippen LogP contribution in [0.5, 0.6) is 5.88 Å². The minimum absolute atomic E-state index is 0.0940. The fraction of sp³-hybridized carbons (Fsp3) is 0.667. The third kappa shape index (κ3) is 5.05. The number of hydrogen-bond acceptors (Lipinski definition) is 3. The molecule has 102 valence electrons. The van der Waals surface area contributed by atoms with Gasteiger partial charge in [-0.3, -0.25) is 0 Å². The van der Waals surface area contributed by atoms with Gasteiger partial charge in [-0.1, -0.05) is 19.9 Å². The molecule has 0 saturated carbocycles. The molecule has 0 radical (unpaired) electrons. The van der Waals surface area contributed by atoms with Crippen molar-refractivity contribution in [2.45, 2.75) is 59.7 Å². The van der Waals surface area contributed by atoms with Gasteiger partial charge in [-0.15, -0.1) is 0 Å². The van der Waals surface area contributed by atoms with Crippen LogP contribution in [0.1, 0.15) is 47.1 Å².